The second-order valence-electron chi connectivity index (χ2n) is 4.78. The summed E-state index contributed by atoms with van der Waals surface area (Å²) in [4.78, 5) is 12.1. The smallest absolute Gasteiger partial charge is 0.225 e. The van der Waals surface area contributed by atoms with Gasteiger partial charge in [-0.15, -0.1) is 17.5 Å². The number of nitrogens with one attached hydrogen (secondary N) is 2. The van der Waals surface area contributed by atoms with E-state index >= 15 is 0 Å². The van der Waals surface area contributed by atoms with Gasteiger partial charge in [-0.3, -0.25) is 4.79 Å². The molecule has 1 aromatic carbocycles. The van der Waals surface area contributed by atoms with Crippen molar-refractivity contribution in [2.24, 2.45) is 0 Å². The summed E-state index contributed by atoms with van der Waals surface area (Å²) in [7, 11) is 0. The number of hydrogen-bond donors (Lipinski definition) is 2. The molecule has 3 rings (SSSR count). The number of aromatic nitrogens is 4. The van der Waals surface area contributed by atoms with Gasteiger partial charge in [0, 0.05) is 36.2 Å². The molecule has 1 atom stereocenters. The number of carbonyl (C=O) groups excluding carboxylic acids is 1. The van der Waals surface area contributed by atoms with Crippen LogP contribution in [0.1, 0.15) is 6.42 Å². The summed E-state index contributed by atoms with van der Waals surface area (Å²) < 4.78 is 1.55. The van der Waals surface area contributed by atoms with Crippen molar-refractivity contribution in [3.63, 3.8) is 0 Å². The van der Waals surface area contributed by atoms with Gasteiger partial charge in [-0.05, 0) is 28.6 Å². The van der Waals surface area contributed by atoms with Crippen LogP contribution in [0, 0.1) is 0 Å². The van der Waals surface area contributed by atoms with Crippen molar-refractivity contribution in [2.75, 3.05) is 23.4 Å². The van der Waals surface area contributed by atoms with E-state index in [0.29, 0.717) is 6.42 Å². The van der Waals surface area contributed by atoms with Crippen molar-refractivity contribution in [2.45, 2.75) is 12.5 Å². The highest BCUT2D eigenvalue weighted by molar-refractivity contribution is 7.99. The first-order chi connectivity index (χ1) is 10.3. The largest absolute Gasteiger partial charge is 0.326 e. The van der Waals surface area contributed by atoms with Crippen LogP contribution in [0.4, 0.5) is 5.69 Å². The predicted molar refractivity (Wildman–Crippen MR) is 88.8 cm³/mol. The molecule has 0 bridgehead atoms. The maximum atomic E-state index is 12.1. The minimum atomic E-state index is 0. The normalized spacial score (nSPS) is 17.5. The summed E-state index contributed by atoms with van der Waals surface area (Å²) in [6.45, 7) is 0.970. The van der Waals surface area contributed by atoms with Crippen molar-refractivity contribution in [3.8, 4) is 5.69 Å². The minimum Gasteiger partial charge on any atom is -0.326 e. The fraction of sp³-hybridized carbons (Fsp3) is 0.385. The Morgan fingerprint density at radius 2 is 2.41 bits per heavy atom. The molecule has 0 spiro atoms. The first-order valence-corrected chi connectivity index (χ1v) is 7.91. The first kappa shape index (κ1) is 16.7. The zero-order chi connectivity index (χ0) is 14.5. The van der Waals surface area contributed by atoms with Gasteiger partial charge >= 0.3 is 0 Å². The molecular formula is C13H17ClN6OS. The summed E-state index contributed by atoms with van der Waals surface area (Å²) in [5.74, 6) is 2.12. The summed E-state index contributed by atoms with van der Waals surface area (Å²) in [5.41, 5.74) is 1.56. The van der Waals surface area contributed by atoms with Crippen LogP contribution in [0.2, 0.25) is 0 Å². The molecule has 0 aliphatic carbocycles. The van der Waals surface area contributed by atoms with E-state index in [-0.39, 0.29) is 24.4 Å². The number of amides is 1. The average Bonchev–Trinajstić information content (AvgIpc) is 3.02. The molecule has 9 heteroatoms. The lowest BCUT2D eigenvalue weighted by molar-refractivity contribution is -0.116. The van der Waals surface area contributed by atoms with Gasteiger partial charge in [-0.1, -0.05) is 6.07 Å². The Balaban J connectivity index is 0.00000176. The molecule has 0 radical (unpaired) electrons. The highest BCUT2D eigenvalue weighted by Crippen LogP contribution is 2.15. The van der Waals surface area contributed by atoms with E-state index in [1.54, 1.807) is 4.68 Å². The van der Waals surface area contributed by atoms with E-state index in [0.717, 1.165) is 29.4 Å². The Kier molecular flexibility index (Phi) is 6.17. The van der Waals surface area contributed by atoms with E-state index in [1.807, 2.05) is 36.0 Å². The fourth-order valence-electron chi connectivity index (χ4n) is 2.19. The summed E-state index contributed by atoms with van der Waals surface area (Å²) in [6, 6.07) is 7.70. The standard InChI is InChI=1S/C13H16N6OS.ClH/c20-13(7-11-8-21-5-4-14-11)16-10-2-1-3-12(6-10)19-9-15-17-18-19;/h1-3,6,9,11,14H,4-5,7-8H2,(H,16,20);1H. The summed E-state index contributed by atoms with van der Waals surface area (Å²) >= 11 is 1.88. The van der Waals surface area contributed by atoms with Gasteiger partial charge in [0.15, 0.2) is 0 Å². The molecule has 1 saturated heterocycles. The van der Waals surface area contributed by atoms with E-state index in [4.69, 9.17) is 0 Å². The highest BCUT2D eigenvalue weighted by Gasteiger charge is 2.16. The lowest BCUT2D eigenvalue weighted by Gasteiger charge is -2.22. The molecule has 2 aromatic rings. The number of benzene rings is 1. The molecule has 1 aliphatic rings. The number of rotatable bonds is 4. The first-order valence-electron chi connectivity index (χ1n) is 6.76. The van der Waals surface area contributed by atoms with Crippen LogP contribution in [-0.2, 0) is 4.79 Å². The third-order valence-electron chi connectivity index (χ3n) is 3.17. The van der Waals surface area contributed by atoms with Crippen molar-refractivity contribution < 1.29 is 4.79 Å². The van der Waals surface area contributed by atoms with Crippen LogP contribution in [0.5, 0.6) is 0 Å². The zero-order valence-corrected chi connectivity index (χ0v) is 13.4. The molecule has 0 saturated carbocycles. The number of anilines is 1. The molecular weight excluding hydrogens is 324 g/mol. The Hall–Kier alpha value is -1.64. The van der Waals surface area contributed by atoms with Gasteiger partial charge in [0.1, 0.15) is 6.33 Å². The second kappa shape index (κ2) is 8.11. The molecule has 1 aromatic heterocycles. The van der Waals surface area contributed by atoms with Crippen molar-refractivity contribution in [1.82, 2.24) is 25.5 Å². The number of thioether (sulfide) groups is 1. The Labute approximate surface area is 138 Å². The Bertz CT molecular complexity index is 602. The van der Waals surface area contributed by atoms with Gasteiger partial charge in [0.05, 0.1) is 5.69 Å². The molecule has 2 heterocycles. The van der Waals surface area contributed by atoms with Crippen LogP contribution in [-0.4, -0.2) is 50.2 Å². The molecule has 2 N–H and O–H groups in total. The topological polar surface area (TPSA) is 84.7 Å². The number of nitrogens with zero attached hydrogens (tertiary/aromatic N) is 4. The summed E-state index contributed by atoms with van der Waals surface area (Å²) in [5, 5.41) is 17.3. The van der Waals surface area contributed by atoms with Crippen molar-refractivity contribution >= 4 is 35.8 Å². The third-order valence-corrected chi connectivity index (χ3v) is 4.30. The number of carbonyl (C=O) groups is 1. The van der Waals surface area contributed by atoms with Crippen molar-refractivity contribution in [3.05, 3.63) is 30.6 Å². The van der Waals surface area contributed by atoms with Gasteiger partial charge in [-0.25, -0.2) is 4.68 Å². The molecule has 7 nitrogen and oxygen atoms in total. The molecule has 1 unspecified atom stereocenters. The van der Waals surface area contributed by atoms with Gasteiger partial charge in [0.2, 0.25) is 5.91 Å². The summed E-state index contributed by atoms with van der Waals surface area (Å²) in [6.07, 6.45) is 2.01. The molecule has 118 valence electrons. The Morgan fingerprint density at radius 3 is 3.14 bits per heavy atom. The maximum Gasteiger partial charge on any atom is 0.225 e. The monoisotopic (exact) mass is 340 g/mol. The Morgan fingerprint density at radius 1 is 1.50 bits per heavy atom. The SMILES string of the molecule is Cl.O=C(CC1CSCCN1)Nc1cccc(-n2cnnn2)c1. The van der Waals surface area contributed by atoms with Gasteiger partial charge < -0.3 is 10.6 Å². The minimum absolute atomic E-state index is 0. The zero-order valence-electron chi connectivity index (χ0n) is 11.8. The molecule has 1 aliphatic heterocycles. The van der Waals surface area contributed by atoms with Crippen molar-refractivity contribution in [1.29, 1.82) is 0 Å². The van der Waals surface area contributed by atoms with Gasteiger partial charge in [-0.2, -0.15) is 11.8 Å². The number of tetrazole rings is 1. The third kappa shape index (κ3) is 4.43. The molecule has 1 amide bonds. The van der Waals surface area contributed by atoms with E-state index in [9.17, 15) is 4.79 Å². The van der Waals surface area contributed by atoms with Gasteiger partial charge in [0.25, 0.3) is 0 Å². The maximum absolute atomic E-state index is 12.1. The quantitative estimate of drug-likeness (QED) is 0.867. The highest BCUT2D eigenvalue weighted by atomic mass is 35.5. The van der Waals surface area contributed by atoms with E-state index in [2.05, 4.69) is 26.2 Å². The van der Waals surface area contributed by atoms with Crippen LogP contribution in [0.25, 0.3) is 5.69 Å². The predicted octanol–water partition coefficient (Wildman–Crippen LogP) is 1.12. The number of halogens is 1. The van der Waals surface area contributed by atoms with Crippen LogP contribution >= 0.6 is 24.2 Å². The van der Waals surface area contributed by atoms with Crippen LogP contribution < -0.4 is 10.6 Å². The van der Waals surface area contributed by atoms with E-state index < -0.39 is 0 Å². The molecule has 22 heavy (non-hydrogen) atoms. The fourth-order valence-corrected chi connectivity index (χ4v) is 3.14. The lowest BCUT2D eigenvalue weighted by Crippen LogP contribution is -2.39. The van der Waals surface area contributed by atoms with E-state index in [1.165, 1.54) is 6.33 Å². The van der Waals surface area contributed by atoms with Crippen LogP contribution in [0.15, 0.2) is 30.6 Å². The second-order valence-corrected chi connectivity index (χ2v) is 5.93. The number of hydrogen-bond acceptors (Lipinski definition) is 6. The molecule has 1 fully saturated rings. The average molecular weight is 341 g/mol. The van der Waals surface area contributed by atoms with Crippen LogP contribution in [0.3, 0.4) is 0 Å². The lowest BCUT2D eigenvalue weighted by atomic mass is 10.2.